The maximum Gasteiger partial charge on any atom is 0.490 e. The van der Waals surface area contributed by atoms with Gasteiger partial charge in [-0.3, -0.25) is 4.52 Å². The highest BCUT2D eigenvalue weighted by atomic mass is 31.3. The summed E-state index contributed by atoms with van der Waals surface area (Å²) in [5.41, 5.74) is 3.50. The van der Waals surface area contributed by atoms with Gasteiger partial charge in [-0.05, 0) is 6.07 Å². The summed E-state index contributed by atoms with van der Waals surface area (Å²) in [4.78, 5) is 43.5. The molecule has 0 spiro atoms. The summed E-state index contributed by atoms with van der Waals surface area (Å²) >= 11 is 0. The SMILES string of the molecule is C#C[C@](O)(C(OC)n1ccc2c(N)ncnc21)[C@H](O)CCOP(=O)(O)OP(=O)(O)OP(=O)(O)O. The Morgan fingerprint density at radius 2 is 1.85 bits per heavy atom. The van der Waals surface area contributed by atoms with E-state index in [1.54, 1.807) is 0 Å². The Morgan fingerprint density at radius 3 is 2.41 bits per heavy atom. The van der Waals surface area contributed by atoms with E-state index >= 15 is 0 Å². The van der Waals surface area contributed by atoms with E-state index < -0.39 is 54.4 Å². The molecule has 3 unspecified atom stereocenters. The van der Waals surface area contributed by atoms with E-state index in [2.05, 4.69) is 23.1 Å². The number of aliphatic hydroxyl groups is 2. The number of nitrogen functional groups attached to an aromatic ring is 1. The van der Waals surface area contributed by atoms with Gasteiger partial charge in [-0.15, -0.1) is 6.42 Å². The van der Waals surface area contributed by atoms with Crippen molar-refractivity contribution in [3.63, 3.8) is 0 Å². The number of terminal acetylenes is 1. The Bertz CT molecular complexity index is 1210. The molecule has 8 N–H and O–H groups in total. The molecule has 20 heteroatoms. The van der Waals surface area contributed by atoms with Gasteiger partial charge < -0.3 is 44.8 Å². The molecular formula is C14H21N4O13P3. The number of anilines is 1. The predicted octanol–water partition coefficient (Wildman–Crippen LogP) is -0.383. The van der Waals surface area contributed by atoms with Crippen LogP contribution in [0.5, 0.6) is 0 Å². The second-order valence-corrected chi connectivity index (χ2v) is 10.9. The van der Waals surface area contributed by atoms with Gasteiger partial charge >= 0.3 is 23.5 Å². The van der Waals surface area contributed by atoms with Gasteiger partial charge in [-0.1, -0.05) is 5.92 Å². The first kappa shape index (κ1) is 28.5. The zero-order chi connectivity index (χ0) is 25.9. The number of aromatic nitrogens is 3. The average Bonchev–Trinajstić information content (AvgIpc) is 3.10. The van der Waals surface area contributed by atoms with Crippen LogP contribution in [0.4, 0.5) is 5.82 Å². The van der Waals surface area contributed by atoms with Crippen molar-refractivity contribution in [2.24, 2.45) is 0 Å². The molecule has 0 saturated carbocycles. The van der Waals surface area contributed by atoms with Gasteiger partial charge in [0.15, 0.2) is 11.8 Å². The number of ether oxygens (including phenoxy) is 1. The lowest BCUT2D eigenvalue weighted by atomic mass is 9.93. The van der Waals surface area contributed by atoms with Crippen LogP contribution >= 0.6 is 23.5 Å². The van der Waals surface area contributed by atoms with E-state index in [0.717, 1.165) is 6.33 Å². The van der Waals surface area contributed by atoms with E-state index in [1.165, 1.54) is 23.9 Å². The Labute approximate surface area is 191 Å². The Morgan fingerprint density at radius 1 is 1.21 bits per heavy atom. The lowest BCUT2D eigenvalue weighted by Crippen LogP contribution is -2.49. The van der Waals surface area contributed by atoms with Crippen LogP contribution in [0.15, 0.2) is 18.6 Å². The molecule has 2 aromatic heterocycles. The van der Waals surface area contributed by atoms with E-state index in [9.17, 15) is 28.8 Å². The maximum absolute atomic E-state index is 11.8. The maximum atomic E-state index is 11.8. The van der Waals surface area contributed by atoms with Gasteiger partial charge in [0, 0.05) is 19.7 Å². The third-order valence-electron chi connectivity index (χ3n) is 4.19. The van der Waals surface area contributed by atoms with Gasteiger partial charge in [0.25, 0.3) is 0 Å². The summed E-state index contributed by atoms with van der Waals surface area (Å²) in [5, 5.41) is 21.9. The van der Waals surface area contributed by atoms with E-state index in [1.807, 2.05) is 5.92 Å². The first-order valence-corrected chi connectivity index (χ1v) is 13.3. The molecule has 0 amide bonds. The third-order valence-corrected chi connectivity index (χ3v) is 8.03. The summed E-state index contributed by atoms with van der Waals surface area (Å²) in [7, 11) is -15.5. The van der Waals surface area contributed by atoms with Crippen molar-refractivity contribution in [2.75, 3.05) is 19.5 Å². The number of methoxy groups -OCH3 is 1. The molecule has 0 radical (unpaired) electrons. The fourth-order valence-electron chi connectivity index (χ4n) is 2.82. The highest BCUT2D eigenvalue weighted by molar-refractivity contribution is 7.66. The van der Waals surface area contributed by atoms with Crippen molar-refractivity contribution in [3.05, 3.63) is 18.6 Å². The first-order valence-electron chi connectivity index (χ1n) is 8.81. The first-order chi connectivity index (χ1) is 15.6. The van der Waals surface area contributed by atoms with Crippen LogP contribution in [0, 0.1) is 12.3 Å². The molecule has 0 aromatic carbocycles. The number of phosphoric ester groups is 1. The fourth-order valence-corrected chi connectivity index (χ4v) is 5.85. The Kier molecular flexibility index (Phi) is 8.79. The van der Waals surface area contributed by atoms with Crippen LogP contribution in [-0.4, -0.2) is 69.7 Å². The molecule has 0 aliphatic carbocycles. The minimum Gasteiger partial charge on any atom is -0.389 e. The summed E-state index contributed by atoms with van der Waals surface area (Å²) in [5.74, 6) is 2.11. The summed E-state index contributed by atoms with van der Waals surface area (Å²) < 4.78 is 51.8. The van der Waals surface area contributed by atoms with E-state index in [4.69, 9.17) is 31.6 Å². The lowest BCUT2D eigenvalue weighted by molar-refractivity contribution is -0.154. The molecule has 0 aliphatic rings. The molecule has 0 bridgehead atoms. The van der Waals surface area contributed by atoms with Crippen molar-refractivity contribution >= 4 is 40.3 Å². The smallest absolute Gasteiger partial charge is 0.389 e. The number of phosphoric acid groups is 3. The topological polar surface area (TPSA) is 266 Å². The molecule has 2 heterocycles. The Balaban J connectivity index is 2.15. The van der Waals surface area contributed by atoms with E-state index in [0.29, 0.717) is 5.39 Å². The highest BCUT2D eigenvalue weighted by Crippen LogP contribution is 2.66. The molecule has 0 fully saturated rings. The zero-order valence-electron chi connectivity index (χ0n) is 17.2. The largest absolute Gasteiger partial charge is 0.490 e. The molecule has 17 nitrogen and oxygen atoms in total. The molecular weight excluding hydrogens is 525 g/mol. The van der Waals surface area contributed by atoms with Crippen LogP contribution in [0.2, 0.25) is 0 Å². The monoisotopic (exact) mass is 546 g/mol. The lowest BCUT2D eigenvalue weighted by Gasteiger charge is -2.35. The van der Waals surface area contributed by atoms with Crippen LogP contribution in [-0.2, 0) is 31.6 Å². The second kappa shape index (κ2) is 10.5. The third kappa shape index (κ3) is 6.91. The van der Waals surface area contributed by atoms with Crippen LogP contribution < -0.4 is 5.73 Å². The minimum absolute atomic E-state index is 0.124. The summed E-state index contributed by atoms with van der Waals surface area (Å²) in [6, 6.07) is 1.51. The molecule has 2 rings (SSSR count). The molecule has 34 heavy (non-hydrogen) atoms. The number of hydrogen-bond acceptors (Lipinski definition) is 12. The predicted molar refractivity (Wildman–Crippen MR) is 112 cm³/mol. The van der Waals surface area contributed by atoms with Crippen LogP contribution in [0.1, 0.15) is 12.6 Å². The summed E-state index contributed by atoms with van der Waals surface area (Å²) in [6.07, 6.45) is 3.99. The van der Waals surface area contributed by atoms with Gasteiger partial charge in [0.05, 0.1) is 12.0 Å². The van der Waals surface area contributed by atoms with Gasteiger partial charge in [0.2, 0.25) is 0 Å². The zero-order valence-corrected chi connectivity index (χ0v) is 19.9. The van der Waals surface area contributed by atoms with Crippen molar-refractivity contribution in [1.29, 1.82) is 0 Å². The molecule has 190 valence electrons. The van der Waals surface area contributed by atoms with Crippen molar-refractivity contribution in [3.8, 4) is 12.3 Å². The average molecular weight is 546 g/mol. The molecule has 2 aromatic rings. The molecule has 5 atom stereocenters. The Hall–Kier alpha value is -1.73. The molecule has 0 saturated heterocycles. The van der Waals surface area contributed by atoms with Crippen LogP contribution in [0.25, 0.3) is 11.0 Å². The number of nitrogens with zero attached hydrogens (tertiary/aromatic N) is 3. The molecule has 0 aliphatic heterocycles. The van der Waals surface area contributed by atoms with Gasteiger partial charge in [0.1, 0.15) is 23.9 Å². The van der Waals surface area contributed by atoms with Gasteiger partial charge in [-0.2, -0.15) is 8.62 Å². The van der Waals surface area contributed by atoms with Crippen molar-refractivity contribution in [2.45, 2.75) is 24.4 Å². The van der Waals surface area contributed by atoms with Crippen molar-refractivity contribution < 1.29 is 61.4 Å². The minimum atomic E-state index is -5.71. The number of hydrogen-bond donors (Lipinski definition) is 7. The second-order valence-electron chi connectivity index (χ2n) is 6.51. The standard InChI is InChI=1S/C14H21N4O13P3/c1-3-14(20,13(28-2)18-6-4-9-11(15)16-8-17-12(9)18)10(19)5-7-29-33(24,25)31-34(26,27)30-32(21,22)23/h1,4,6,8,10,13,19-20H,5,7H2,2H3,(H,24,25)(H,26,27)(H2,15,16,17)(H2,21,22,23)/t10-,13?,14-/m1/s1. The number of aliphatic hydroxyl groups excluding tert-OH is 1. The quantitative estimate of drug-likeness (QED) is 0.132. The number of fused-ring (bicyclic) bond motifs is 1. The normalized spacial score (nSPS) is 19.5. The van der Waals surface area contributed by atoms with Crippen LogP contribution in [0.3, 0.4) is 0 Å². The van der Waals surface area contributed by atoms with Gasteiger partial charge in [-0.25, -0.2) is 23.7 Å². The number of rotatable bonds is 12. The number of nitrogens with two attached hydrogens (primary N) is 1. The highest BCUT2D eigenvalue weighted by Gasteiger charge is 2.45. The fraction of sp³-hybridized carbons (Fsp3) is 0.429. The summed E-state index contributed by atoms with van der Waals surface area (Å²) in [6.45, 7) is -0.896. The van der Waals surface area contributed by atoms with E-state index in [-0.39, 0.29) is 11.5 Å². The van der Waals surface area contributed by atoms with Crippen molar-refractivity contribution in [1.82, 2.24) is 14.5 Å².